The molecule has 0 saturated heterocycles. The summed E-state index contributed by atoms with van der Waals surface area (Å²) in [7, 11) is 1.52. The number of aryl methyl sites for hydroxylation is 1. The van der Waals surface area contributed by atoms with E-state index < -0.39 is 0 Å². The van der Waals surface area contributed by atoms with Crippen LogP contribution in [0.15, 0.2) is 34.7 Å². The first-order valence-corrected chi connectivity index (χ1v) is 6.85. The zero-order valence-corrected chi connectivity index (χ0v) is 12.1. The van der Waals surface area contributed by atoms with E-state index in [9.17, 15) is 4.39 Å². The average molecular weight is 277 g/mol. The SMILES string of the molecule is CCNC(c1ccc(CC)o1)c1ccc(OC)cc1F. The number of furan rings is 1. The van der Waals surface area contributed by atoms with Gasteiger partial charge < -0.3 is 14.5 Å². The number of halogens is 1. The average Bonchev–Trinajstić information content (AvgIpc) is 2.94. The molecule has 1 atom stereocenters. The molecule has 2 aromatic rings. The number of hydrogen-bond acceptors (Lipinski definition) is 3. The molecule has 1 aromatic heterocycles. The molecule has 2 rings (SSSR count). The summed E-state index contributed by atoms with van der Waals surface area (Å²) in [5, 5.41) is 3.26. The third-order valence-corrected chi connectivity index (χ3v) is 3.24. The molecular weight excluding hydrogens is 257 g/mol. The molecule has 1 aromatic carbocycles. The molecule has 4 heteroatoms. The Bertz CT molecular complexity index is 565. The van der Waals surface area contributed by atoms with Crippen LogP contribution < -0.4 is 10.1 Å². The van der Waals surface area contributed by atoms with Crippen molar-refractivity contribution < 1.29 is 13.5 Å². The number of nitrogens with one attached hydrogen (secondary N) is 1. The first kappa shape index (κ1) is 14.6. The van der Waals surface area contributed by atoms with Crippen LogP contribution in [0, 0.1) is 5.82 Å². The lowest BCUT2D eigenvalue weighted by atomic mass is 10.0. The van der Waals surface area contributed by atoms with Crippen LogP contribution in [-0.2, 0) is 6.42 Å². The molecule has 0 aliphatic carbocycles. The number of methoxy groups -OCH3 is 1. The highest BCUT2D eigenvalue weighted by Gasteiger charge is 2.20. The van der Waals surface area contributed by atoms with Gasteiger partial charge in [0.15, 0.2) is 0 Å². The Labute approximate surface area is 118 Å². The normalized spacial score (nSPS) is 12.4. The fraction of sp³-hybridized carbons (Fsp3) is 0.375. The molecular formula is C16H20FNO2. The lowest BCUT2D eigenvalue weighted by Gasteiger charge is -2.17. The lowest BCUT2D eigenvalue weighted by Crippen LogP contribution is -2.22. The molecule has 0 saturated carbocycles. The third-order valence-electron chi connectivity index (χ3n) is 3.24. The van der Waals surface area contributed by atoms with Crippen molar-refractivity contribution in [1.29, 1.82) is 0 Å². The van der Waals surface area contributed by atoms with Crippen molar-refractivity contribution >= 4 is 0 Å². The van der Waals surface area contributed by atoms with Gasteiger partial charge >= 0.3 is 0 Å². The maximum absolute atomic E-state index is 14.2. The minimum absolute atomic E-state index is 0.286. The molecule has 0 fully saturated rings. The van der Waals surface area contributed by atoms with Crippen molar-refractivity contribution in [3.63, 3.8) is 0 Å². The smallest absolute Gasteiger partial charge is 0.132 e. The van der Waals surface area contributed by atoms with Crippen LogP contribution in [0.4, 0.5) is 4.39 Å². The molecule has 0 spiro atoms. The van der Waals surface area contributed by atoms with E-state index in [1.54, 1.807) is 12.1 Å². The van der Waals surface area contributed by atoms with Crippen LogP contribution in [0.25, 0.3) is 0 Å². The molecule has 108 valence electrons. The second-order valence-electron chi connectivity index (χ2n) is 4.54. The van der Waals surface area contributed by atoms with Crippen LogP contribution >= 0.6 is 0 Å². The van der Waals surface area contributed by atoms with E-state index in [0.29, 0.717) is 11.3 Å². The van der Waals surface area contributed by atoms with Gasteiger partial charge in [0.05, 0.1) is 13.2 Å². The summed E-state index contributed by atoms with van der Waals surface area (Å²) in [4.78, 5) is 0. The van der Waals surface area contributed by atoms with E-state index in [1.165, 1.54) is 13.2 Å². The van der Waals surface area contributed by atoms with Gasteiger partial charge in [-0.05, 0) is 24.7 Å². The summed E-state index contributed by atoms with van der Waals surface area (Å²) in [5.41, 5.74) is 0.560. The lowest BCUT2D eigenvalue weighted by molar-refractivity contribution is 0.404. The molecule has 0 aliphatic heterocycles. The van der Waals surface area contributed by atoms with Crippen molar-refractivity contribution in [1.82, 2.24) is 5.32 Å². The number of hydrogen-bond donors (Lipinski definition) is 1. The Morgan fingerprint density at radius 2 is 2.05 bits per heavy atom. The Morgan fingerprint density at radius 1 is 1.25 bits per heavy atom. The maximum Gasteiger partial charge on any atom is 0.132 e. The fourth-order valence-electron chi connectivity index (χ4n) is 2.18. The second kappa shape index (κ2) is 6.57. The van der Waals surface area contributed by atoms with Gasteiger partial charge in [-0.25, -0.2) is 4.39 Å². The summed E-state index contributed by atoms with van der Waals surface area (Å²) in [6, 6.07) is 8.42. The highest BCUT2D eigenvalue weighted by Crippen LogP contribution is 2.28. The molecule has 1 N–H and O–H groups in total. The van der Waals surface area contributed by atoms with Crippen LogP contribution in [-0.4, -0.2) is 13.7 Å². The minimum atomic E-state index is -0.301. The first-order valence-electron chi connectivity index (χ1n) is 6.85. The largest absolute Gasteiger partial charge is 0.497 e. The second-order valence-corrected chi connectivity index (χ2v) is 4.54. The predicted octanol–water partition coefficient (Wildman–Crippen LogP) is 3.69. The van der Waals surface area contributed by atoms with Crippen molar-refractivity contribution in [2.75, 3.05) is 13.7 Å². The Kier molecular flexibility index (Phi) is 4.79. The zero-order valence-electron chi connectivity index (χ0n) is 12.1. The van der Waals surface area contributed by atoms with Crippen LogP contribution in [0.5, 0.6) is 5.75 Å². The minimum Gasteiger partial charge on any atom is -0.497 e. The van der Waals surface area contributed by atoms with Gasteiger partial charge in [-0.3, -0.25) is 0 Å². The van der Waals surface area contributed by atoms with Gasteiger partial charge in [0.25, 0.3) is 0 Å². The van der Waals surface area contributed by atoms with Gasteiger partial charge in [0.2, 0.25) is 0 Å². The van der Waals surface area contributed by atoms with Crippen molar-refractivity contribution in [2.24, 2.45) is 0 Å². The molecule has 0 radical (unpaired) electrons. The molecule has 0 bridgehead atoms. The van der Waals surface area contributed by atoms with E-state index in [-0.39, 0.29) is 11.9 Å². The highest BCUT2D eigenvalue weighted by molar-refractivity contribution is 5.34. The maximum atomic E-state index is 14.2. The summed E-state index contributed by atoms with van der Waals surface area (Å²) in [6.45, 7) is 4.73. The zero-order chi connectivity index (χ0) is 14.5. The number of ether oxygens (including phenoxy) is 1. The van der Waals surface area contributed by atoms with E-state index in [1.807, 2.05) is 26.0 Å². The standard InChI is InChI=1S/C16H20FNO2/c1-4-11-7-9-15(20-11)16(18-5-2)13-8-6-12(19-3)10-14(13)17/h6-10,16,18H,4-5H2,1-3H3. The van der Waals surface area contributed by atoms with E-state index in [2.05, 4.69) is 5.32 Å². The third kappa shape index (κ3) is 3.02. The van der Waals surface area contributed by atoms with Crippen molar-refractivity contribution in [3.8, 4) is 5.75 Å². The fourth-order valence-corrected chi connectivity index (χ4v) is 2.18. The van der Waals surface area contributed by atoms with Gasteiger partial charge in [-0.2, -0.15) is 0 Å². The highest BCUT2D eigenvalue weighted by atomic mass is 19.1. The van der Waals surface area contributed by atoms with Crippen LogP contribution in [0.2, 0.25) is 0 Å². The first-order chi connectivity index (χ1) is 9.69. The van der Waals surface area contributed by atoms with Crippen LogP contribution in [0.1, 0.15) is 37.0 Å². The summed E-state index contributed by atoms with van der Waals surface area (Å²) < 4.78 is 25.0. The monoisotopic (exact) mass is 277 g/mol. The molecule has 3 nitrogen and oxygen atoms in total. The van der Waals surface area contributed by atoms with Gasteiger partial charge in [-0.1, -0.05) is 19.9 Å². The van der Waals surface area contributed by atoms with Gasteiger partial charge in [0, 0.05) is 18.1 Å². The molecule has 20 heavy (non-hydrogen) atoms. The van der Waals surface area contributed by atoms with Crippen LogP contribution in [0.3, 0.4) is 0 Å². The summed E-state index contributed by atoms with van der Waals surface area (Å²) in [5.74, 6) is 1.84. The van der Waals surface area contributed by atoms with Crippen molar-refractivity contribution in [2.45, 2.75) is 26.3 Å². The topological polar surface area (TPSA) is 34.4 Å². The van der Waals surface area contributed by atoms with E-state index in [4.69, 9.17) is 9.15 Å². The summed E-state index contributed by atoms with van der Waals surface area (Å²) >= 11 is 0. The van der Waals surface area contributed by atoms with Gasteiger partial charge in [0.1, 0.15) is 23.1 Å². The Morgan fingerprint density at radius 3 is 2.60 bits per heavy atom. The molecule has 1 unspecified atom stereocenters. The number of benzene rings is 1. The Balaban J connectivity index is 2.37. The Hall–Kier alpha value is -1.81. The van der Waals surface area contributed by atoms with Crippen molar-refractivity contribution in [3.05, 3.63) is 53.2 Å². The van der Waals surface area contributed by atoms with E-state index >= 15 is 0 Å². The predicted molar refractivity (Wildman–Crippen MR) is 76.6 cm³/mol. The molecule has 0 amide bonds. The summed E-state index contributed by atoms with van der Waals surface area (Å²) in [6.07, 6.45) is 0.823. The number of rotatable bonds is 6. The van der Waals surface area contributed by atoms with E-state index in [0.717, 1.165) is 24.5 Å². The molecule has 1 heterocycles. The van der Waals surface area contributed by atoms with Gasteiger partial charge in [-0.15, -0.1) is 0 Å². The molecule has 0 aliphatic rings. The quantitative estimate of drug-likeness (QED) is 0.874.